The van der Waals surface area contributed by atoms with E-state index in [2.05, 4.69) is 0 Å². The molecule has 5 nitrogen and oxygen atoms in total. The lowest BCUT2D eigenvalue weighted by molar-refractivity contribution is -0.260. The molecule has 2 aliphatic heterocycles. The van der Waals surface area contributed by atoms with Gasteiger partial charge in [0, 0.05) is 12.1 Å². The van der Waals surface area contributed by atoms with Crippen molar-refractivity contribution in [3.05, 3.63) is 29.1 Å². The Hall–Kier alpha value is -2.12. The Kier molecular flexibility index (Phi) is 5.68. The molecule has 3 rings (SSSR count). The van der Waals surface area contributed by atoms with E-state index in [0.29, 0.717) is 11.3 Å². The first-order chi connectivity index (χ1) is 14.2. The lowest BCUT2D eigenvalue weighted by atomic mass is 9.73. The Balaban J connectivity index is 2.34. The van der Waals surface area contributed by atoms with E-state index in [4.69, 9.17) is 9.69 Å². The maximum atomic E-state index is 15.0. The molecule has 2 aliphatic rings. The minimum absolute atomic E-state index is 0.167. The van der Waals surface area contributed by atoms with Crippen LogP contribution in [0.5, 0.6) is 0 Å². The molecule has 0 spiro atoms. The van der Waals surface area contributed by atoms with Crippen molar-refractivity contribution in [3.8, 4) is 6.07 Å². The summed E-state index contributed by atoms with van der Waals surface area (Å²) in [7, 11) is -2.34. The molecule has 0 bridgehead atoms. The fraction of sp³-hybridized carbons (Fsp3) is 0.619. The number of amides is 2. The molecular formula is C21H27F4N3O2Si. The first kappa shape index (κ1) is 23.5. The predicted octanol–water partition coefficient (Wildman–Crippen LogP) is 4.94. The number of carbonyl (C=O) groups excluding carboxylic acids is 1. The molecule has 2 saturated heterocycles. The van der Waals surface area contributed by atoms with Gasteiger partial charge in [-0.3, -0.25) is 4.90 Å². The topological polar surface area (TPSA) is 56.6 Å². The Labute approximate surface area is 181 Å². The van der Waals surface area contributed by atoms with E-state index in [1.54, 1.807) is 19.2 Å². The highest BCUT2D eigenvalue weighted by Crippen LogP contribution is 2.56. The summed E-state index contributed by atoms with van der Waals surface area (Å²) in [5.74, 6) is -1.41. The smallest absolute Gasteiger partial charge is 0.390 e. The van der Waals surface area contributed by atoms with Crippen LogP contribution in [0.15, 0.2) is 12.1 Å². The number of urea groups is 1. The third-order valence-corrected chi connectivity index (χ3v) is 7.05. The monoisotopic (exact) mass is 457 g/mol. The summed E-state index contributed by atoms with van der Waals surface area (Å²) < 4.78 is 65.5. The molecule has 3 atom stereocenters. The lowest BCUT2D eigenvalue weighted by Gasteiger charge is -2.46. The Morgan fingerprint density at radius 2 is 1.87 bits per heavy atom. The van der Waals surface area contributed by atoms with Gasteiger partial charge in [-0.15, -0.1) is 0 Å². The van der Waals surface area contributed by atoms with Gasteiger partial charge in [0.15, 0.2) is 9.04 Å². The molecule has 0 radical (unpaired) electrons. The molecule has 10 heteroatoms. The average Bonchev–Trinajstić information content (AvgIpc) is 3.16. The van der Waals surface area contributed by atoms with Crippen LogP contribution in [0.1, 0.15) is 38.3 Å². The van der Waals surface area contributed by atoms with Crippen molar-refractivity contribution in [3.63, 3.8) is 0 Å². The fourth-order valence-electron chi connectivity index (χ4n) is 4.93. The van der Waals surface area contributed by atoms with Gasteiger partial charge in [-0.2, -0.15) is 18.4 Å². The summed E-state index contributed by atoms with van der Waals surface area (Å²) in [6, 6.07) is 1.88. The minimum atomic E-state index is -4.93. The van der Waals surface area contributed by atoms with Crippen molar-refractivity contribution in [2.75, 3.05) is 11.4 Å². The zero-order chi connectivity index (χ0) is 23.5. The number of anilines is 1. The SMILES string of the molecule is Cc1c(N2C(=O)N3CCC(C(C)(C)C)C3C2(O[SiH](C)C)C(F)(F)F)ccc(C#N)c1F. The van der Waals surface area contributed by atoms with E-state index in [0.717, 1.165) is 6.07 Å². The number of hydrogen-bond donors (Lipinski definition) is 0. The van der Waals surface area contributed by atoms with Crippen LogP contribution >= 0.6 is 0 Å². The zero-order valence-electron chi connectivity index (χ0n) is 18.5. The van der Waals surface area contributed by atoms with Crippen molar-refractivity contribution in [1.82, 2.24) is 4.90 Å². The van der Waals surface area contributed by atoms with E-state index in [1.807, 2.05) is 20.8 Å². The van der Waals surface area contributed by atoms with Crippen LogP contribution in [0.4, 0.5) is 28.0 Å². The van der Waals surface area contributed by atoms with Crippen molar-refractivity contribution >= 4 is 20.8 Å². The predicted molar refractivity (Wildman–Crippen MR) is 111 cm³/mol. The second-order valence-corrected chi connectivity index (χ2v) is 11.9. The fourth-order valence-corrected chi connectivity index (χ4v) is 6.03. The van der Waals surface area contributed by atoms with Crippen LogP contribution in [0.3, 0.4) is 0 Å². The van der Waals surface area contributed by atoms with E-state index in [9.17, 15) is 22.4 Å². The largest absolute Gasteiger partial charge is 0.438 e. The van der Waals surface area contributed by atoms with Gasteiger partial charge in [-0.1, -0.05) is 20.8 Å². The molecule has 2 heterocycles. The lowest BCUT2D eigenvalue weighted by Crippen LogP contribution is -2.67. The maximum absolute atomic E-state index is 15.0. The van der Waals surface area contributed by atoms with Gasteiger partial charge in [-0.25, -0.2) is 9.18 Å². The zero-order valence-corrected chi connectivity index (χ0v) is 19.6. The summed E-state index contributed by atoms with van der Waals surface area (Å²) in [4.78, 5) is 15.3. The second-order valence-electron chi connectivity index (χ2n) is 9.56. The number of alkyl halides is 3. The first-order valence-electron chi connectivity index (χ1n) is 10.2. The molecular weight excluding hydrogens is 430 g/mol. The molecule has 31 heavy (non-hydrogen) atoms. The minimum Gasteiger partial charge on any atom is -0.390 e. The Morgan fingerprint density at radius 3 is 2.35 bits per heavy atom. The number of hydrogen-bond acceptors (Lipinski definition) is 3. The van der Waals surface area contributed by atoms with Crippen molar-refractivity contribution in [1.29, 1.82) is 5.26 Å². The van der Waals surface area contributed by atoms with Crippen molar-refractivity contribution in [2.24, 2.45) is 11.3 Å². The Morgan fingerprint density at radius 1 is 1.26 bits per heavy atom. The molecule has 1 aromatic carbocycles. The molecule has 0 aliphatic carbocycles. The molecule has 0 saturated carbocycles. The molecule has 3 unspecified atom stereocenters. The molecule has 1 aromatic rings. The Bertz CT molecular complexity index is 938. The first-order valence-corrected chi connectivity index (χ1v) is 13.0. The summed E-state index contributed by atoms with van der Waals surface area (Å²) in [6.07, 6.45) is -4.50. The number of carbonyl (C=O) groups is 1. The third-order valence-electron chi connectivity index (χ3n) is 6.22. The highest BCUT2D eigenvalue weighted by atomic mass is 28.3. The third kappa shape index (κ3) is 3.42. The van der Waals surface area contributed by atoms with Crippen molar-refractivity contribution < 1.29 is 26.8 Å². The summed E-state index contributed by atoms with van der Waals surface area (Å²) >= 11 is 0. The summed E-state index contributed by atoms with van der Waals surface area (Å²) in [6.45, 7) is 10.2. The van der Waals surface area contributed by atoms with E-state index >= 15 is 0 Å². The van der Waals surface area contributed by atoms with Gasteiger partial charge < -0.3 is 9.33 Å². The number of nitriles is 1. The van der Waals surface area contributed by atoms with Crippen LogP contribution in [0.2, 0.25) is 13.1 Å². The average molecular weight is 458 g/mol. The van der Waals surface area contributed by atoms with Gasteiger partial charge in [0.1, 0.15) is 11.9 Å². The molecule has 2 fully saturated rings. The molecule has 0 aromatic heterocycles. The van der Waals surface area contributed by atoms with Gasteiger partial charge in [0.2, 0.25) is 0 Å². The van der Waals surface area contributed by atoms with Gasteiger partial charge >= 0.3 is 12.2 Å². The number of rotatable bonds is 3. The molecule has 0 N–H and O–H groups in total. The van der Waals surface area contributed by atoms with Crippen LogP contribution < -0.4 is 4.90 Å². The normalized spacial score (nSPS) is 26.6. The van der Waals surface area contributed by atoms with Crippen LogP contribution in [-0.2, 0) is 4.43 Å². The van der Waals surface area contributed by atoms with Crippen LogP contribution in [0, 0.1) is 35.4 Å². The summed E-state index contributed by atoms with van der Waals surface area (Å²) in [5, 5.41) is 9.08. The second kappa shape index (κ2) is 7.48. The number of benzene rings is 1. The highest BCUT2D eigenvalue weighted by molar-refractivity contribution is 6.48. The van der Waals surface area contributed by atoms with Gasteiger partial charge in [0.25, 0.3) is 5.72 Å². The molecule has 2 amide bonds. The van der Waals surface area contributed by atoms with E-state index in [-0.39, 0.29) is 23.4 Å². The highest BCUT2D eigenvalue weighted by Gasteiger charge is 2.76. The van der Waals surface area contributed by atoms with Gasteiger partial charge in [0.05, 0.1) is 17.3 Å². The number of nitrogens with zero attached hydrogens (tertiary/aromatic N) is 3. The van der Waals surface area contributed by atoms with Crippen molar-refractivity contribution in [2.45, 2.75) is 65.2 Å². The number of fused-ring (bicyclic) bond motifs is 1. The van der Waals surface area contributed by atoms with E-state index < -0.39 is 50.2 Å². The summed E-state index contributed by atoms with van der Waals surface area (Å²) in [5.41, 5.74) is -4.15. The standard InChI is InChI=1S/C21H27F4N3O2Si/c1-12-15(8-7-13(11-26)16(12)22)28-18(29)27-10-9-14(19(2,3)4)17(27)20(28,21(23,24)25)30-31(5)6/h7-8,14,17,31H,9-10H2,1-6H3. The van der Waals surface area contributed by atoms with Crippen LogP contribution in [0.25, 0.3) is 0 Å². The van der Waals surface area contributed by atoms with Gasteiger partial charge in [-0.05, 0) is 49.9 Å². The van der Waals surface area contributed by atoms with E-state index in [1.165, 1.54) is 17.9 Å². The van der Waals surface area contributed by atoms with Crippen LogP contribution in [-0.4, -0.2) is 44.5 Å². The quantitative estimate of drug-likeness (QED) is 0.477. The maximum Gasteiger partial charge on any atom is 0.438 e. The number of halogens is 4. The molecule has 170 valence electrons.